The molecule has 0 aromatic carbocycles. The van der Waals surface area contributed by atoms with Crippen LogP contribution in [0.2, 0.25) is 0 Å². The molecule has 0 aliphatic carbocycles. The van der Waals surface area contributed by atoms with Gasteiger partial charge < -0.3 is 4.90 Å². The van der Waals surface area contributed by atoms with Crippen molar-refractivity contribution in [3.8, 4) is 0 Å². The van der Waals surface area contributed by atoms with Crippen LogP contribution >= 0.6 is 0 Å². The summed E-state index contributed by atoms with van der Waals surface area (Å²) in [6, 6.07) is 0. The predicted molar refractivity (Wildman–Crippen MR) is 44.5 cm³/mol. The molecule has 0 N–H and O–H groups in total. The number of carbonyl (C=O) groups excluding carboxylic acids is 1. The summed E-state index contributed by atoms with van der Waals surface area (Å²) in [7, 11) is 3.78. The van der Waals surface area contributed by atoms with Crippen molar-refractivity contribution in [2.45, 2.75) is 12.8 Å². The lowest BCUT2D eigenvalue weighted by molar-refractivity contribution is -0.105. The Kier molecular flexibility index (Phi) is 2.41. The summed E-state index contributed by atoms with van der Waals surface area (Å²) in [5.74, 6) is 0.797. The molecule has 60 valence electrons. The fourth-order valence-electron chi connectivity index (χ4n) is 1.08. The van der Waals surface area contributed by atoms with Crippen molar-refractivity contribution in [3.63, 3.8) is 0 Å². The van der Waals surface area contributed by atoms with Crippen LogP contribution in [0.4, 0.5) is 0 Å². The molecule has 0 unspecified atom stereocenters. The molecule has 0 saturated carbocycles. The summed E-state index contributed by atoms with van der Waals surface area (Å²) >= 11 is 0. The van der Waals surface area contributed by atoms with Gasteiger partial charge in [0.05, 0.1) is 0 Å². The van der Waals surface area contributed by atoms with Gasteiger partial charge in [-0.05, 0) is 12.8 Å². The summed E-state index contributed by atoms with van der Waals surface area (Å²) in [5, 5.41) is 0. The van der Waals surface area contributed by atoms with Crippen molar-refractivity contribution in [2.75, 3.05) is 14.1 Å². The highest BCUT2D eigenvalue weighted by Gasteiger charge is 2.09. The van der Waals surface area contributed by atoms with Crippen LogP contribution in [-0.2, 0) is 4.79 Å². The summed E-state index contributed by atoms with van der Waals surface area (Å²) < 4.78 is 0. The first-order chi connectivity index (χ1) is 5.25. The number of carbonyl (C=O) groups is 1. The monoisotopic (exact) mass is 152 g/mol. The fraction of sp³-hybridized carbons (Fsp3) is 0.500. The molecule has 3 nitrogen and oxygen atoms in total. The maximum absolute atomic E-state index is 10.5. The lowest BCUT2D eigenvalue weighted by Crippen LogP contribution is -2.15. The molecule has 0 bridgehead atoms. The minimum absolute atomic E-state index is 0.797. The second-order valence-corrected chi connectivity index (χ2v) is 2.71. The lowest BCUT2D eigenvalue weighted by Gasteiger charge is -2.17. The zero-order chi connectivity index (χ0) is 8.27. The smallest absolute Gasteiger partial charge is 0.149 e. The van der Waals surface area contributed by atoms with Gasteiger partial charge in [0.15, 0.2) is 0 Å². The largest absolute Gasteiger partial charge is 0.362 e. The zero-order valence-electron chi connectivity index (χ0n) is 6.87. The van der Waals surface area contributed by atoms with E-state index in [-0.39, 0.29) is 0 Å². The third-order valence-corrected chi connectivity index (χ3v) is 1.61. The van der Waals surface area contributed by atoms with Gasteiger partial charge in [-0.3, -0.25) is 4.79 Å². The fourth-order valence-corrected chi connectivity index (χ4v) is 1.08. The number of aldehydes is 1. The van der Waals surface area contributed by atoms with Gasteiger partial charge in [-0.1, -0.05) is 0 Å². The Bertz CT molecular complexity index is 216. The molecule has 0 fully saturated rings. The van der Waals surface area contributed by atoms with E-state index in [4.69, 9.17) is 0 Å². The van der Waals surface area contributed by atoms with Crippen molar-refractivity contribution < 1.29 is 4.79 Å². The van der Waals surface area contributed by atoms with Crippen LogP contribution in [0.1, 0.15) is 12.8 Å². The molecule has 0 amide bonds. The zero-order valence-corrected chi connectivity index (χ0v) is 6.87. The molecule has 0 atom stereocenters. The quantitative estimate of drug-likeness (QED) is 0.549. The minimum atomic E-state index is 0.797. The lowest BCUT2D eigenvalue weighted by atomic mass is 10.1. The highest BCUT2D eigenvalue weighted by molar-refractivity contribution is 5.78. The highest BCUT2D eigenvalue weighted by Crippen LogP contribution is 2.15. The van der Waals surface area contributed by atoms with Crippen LogP contribution < -0.4 is 0 Å². The van der Waals surface area contributed by atoms with E-state index in [0.717, 1.165) is 30.5 Å². The molecule has 1 aliphatic rings. The number of aliphatic imine (C=N–C) groups is 1. The van der Waals surface area contributed by atoms with Gasteiger partial charge in [-0.15, -0.1) is 0 Å². The molecule has 0 aromatic rings. The summed E-state index contributed by atoms with van der Waals surface area (Å²) in [6.07, 6.45) is 4.44. The first-order valence-electron chi connectivity index (χ1n) is 3.64. The van der Waals surface area contributed by atoms with Crippen LogP contribution in [0, 0.1) is 0 Å². The van der Waals surface area contributed by atoms with E-state index in [9.17, 15) is 4.79 Å². The molecule has 1 rings (SSSR count). The van der Waals surface area contributed by atoms with Gasteiger partial charge in [-0.2, -0.15) is 0 Å². The Balaban J connectivity index is 2.91. The second kappa shape index (κ2) is 3.32. The number of hydrogen-bond acceptors (Lipinski definition) is 3. The molecule has 3 heteroatoms. The predicted octanol–water partition coefficient (Wildman–Crippen LogP) is 0.823. The molecule has 0 saturated heterocycles. The van der Waals surface area contributed by atoms with Crippen molar-refractivity contribution in [1.82, 2.24) is 4.90 Å². The van der Waals surface area contributed by atoms with E-state index in [0.29, 0.717) is 0 Å². The Morgan fingerprint density at radius 3 is 2.82 bits per heavy atom. The molecule has 0 spiro atoms. The van der Waals surface area contributed by atoms with Crippen LogP contribution in [0.3, 0.4) is 0 Å². The van der Waals surface area contributed by atoms with Gasteiger partial charge in [-0.25, -0.2) is 4.99 Å². The van der Waals surface area contributed by atoms with E-state index in [1.54, 1.807) is 0 Å². The van der Waals surface area contributed by atoms with Crippen LogP contribution in [0.25, 0.3) is 0 Å². The average Bonchev–Trinajstić information content (AvgIpc) is 2.04. The first kappa shape index (κ1) is 7.98. The van der Waals surface area contributed by atoms with Crippen LogP contribution in [0.15, 0.2) is 16.4 Å². The second-order valence-electron chi connectivity index (χ2n) is 2.71. The summed E-state index contributed by atoms with van der Waals surface area (Å²) in [5.41, 5.74) is 0.803. The topological polar surface area (TPSA) is 32.7 Å². The summed E-state index contributed by atoms with van der Waals surface area (Å²) in [4.78, 5) is 16.5. The minimum Gasteiger partial charge on any atom is -0.362 e. The molecule has 0 aromatic heterocycles. The van der Waals surface area contributed by atoms with Crippen molar-refractivity contribution >= 4 is 12.5 Å². The van der Waals surface area contributed by atoms with Gasteiger partial charge >= 0.3 is 0 Å². The molecular formula is C8H12N2O. The standard InChI is InChI=1S/C8H12N2O/c1-10(2)8-7(6-11)4-3-5-9-8/h5-6H,3-4H2,1-2H3. The molecule has 1 heterocycles. The van der Waals surface area contributed by atoms with Crippen molar-refractivity contribution in [3.05, 3.63) is 11.4 Å². The van der Waals surface area contributed by atoms with Gasteiger partial charge in [0, 0.05) is 25.9 Å². The van der Waals surface area contributed by atoms with E-state index in [1.807, 2.05) is 25.2 Å². The number of allylic oxidation sites excluding steroid dienone is 1. The maximum atomic E-state index is 10.5. The number of hydrogen-bond donors (Lipinski definition) is 0. The average molecular weight is 152 g/mol. The third-order valence-electron chi connectivity index (χ3n) is 1.61. The molecule has 0 radical (unpaired) electrons. The van der Waals surface area contributed by atoms with E-state index in [1.165, 1.54) is 0 Å². The maximum Gasteiger partial charge on any atom is 0.149 e. The molecular weight excluding hydrogens is 140 g/mol. The number of rotatable bonds is 2. The van der Waals surface area contributed by atoms with Gasteiger partial charge in [0.2, 0.25) is 0 Å². The normalized spacial score (nSPS) is 16.9. The Morgan fingerprint density at radius 2 is 2.36 bits per heavy atom. The van der Waals surface area contributed by atoms with Gasteiger partial charge in [0.1, 0.15) is 12.1 Å². The SMILES string of the molecule is CN(C)C1=C(C=O)CCC=N1. The van der Waals surface area contributed by atoms with Crippen molar-refractivity contribution in [2.24, 2.45) is 4.99 Å². The third kappa shape index (κ3) is 1.67. The molecule has 1 aliphatic heterocycles. The highest BCUT2D eigenvalue weighted by atomic mass is 16.1. The van der Waals surface area contributed by atoms with E-state index < -0.39 is 0 Å². The number of nitrogens with zero attached hydrogens (tertiary/aromatic N) is 2. The van der Waals surface area contributed by atoms with Gasteiger partial charge in [0.25, 0.3) is 0 Å². The van der Waals surface area contributed by atoms with Crippen LogP contribution in [-0.4, -0.2) is 31.5 Å². The Hall–Kier alpha value is -1.12. The van der Waals surface area contributed by atoms with E-state index in [2.05, 4.69) is 4.99 Å². The molecule has 11 heavy (non-hydrogen) atoms. The Labute approximate surface area is 66.4 Å². The Morgan fingerprint density at radius 1 is 1.64 bits per heavy atom. The van der Waals surface area contributed by atoms with E-state index >= 15 is 0 Å². The van der Waals surface area contributed by atoms with Crippen molar-refractivity contribution in [1.29, 1.82) is 0 Å². The first-order valence-corrected chi connectivity index (χ1v) is 3.64. The summed E-state index contributed by atoms with van der Waals surface area (Å²) in [6.45, 7) is 0. The van der Waals surface area contributed by atoms with Crippen LogP contribution in [0.5, 0.6) is 0 Å².